The molecule has 13 heteroatoms. The first-order valence-corrected chi connectivity index (χ1v) is 12.1. The molecule has 0 saturated carbocycles. The highest BCUT2D eigenvalue weighted by Gasteiger charge is 2.33. The summed E-state index contributed by atoms with van der Waals surface area (Å²) in [6.07, 6.45) is 0. The highest BCUT2D eigenvalue weighted by molar-refractivity contribution is 7.89. The molecule has 12 nitrogen and oxygen atoms in total. The molecule has 1 aromatic heterocycles. The molecule has 0 amide bonds. The number of nitrogens with zero attached hydrogens (tertiary/aromatic N) is 1. The molecule has 3 aromatic rings. The lowest BCUT2D eigenvalue weighted by molar-refractivity contribution is 0.306. The summed E-state index contributed by atoms with van der Waals surface area (Å²) in [5.74, 6) is 0.0871. The number of fused-ring (bicyclic) bond motifs is 1. The van der Waals surface area contributed by atoms with Crippen molar-refractivity contribution in [3.05, 3.63) is 22.4 Å². The van der Waals surface area contributed by atoms with Gasteiger partial charge in [-0.1, -0.05) is 0 Å². The van der Waals surface area contributed by atoms with Gasteiger partial charge in [0.15, 0.2) is 28.6 Å². The third-order valence-electron chi connectivity index (χ3n) is 5.63. The van der Waals surface area contributed by atoms with Crippen molar-refractivity contribution in [1.82, 2.24) is 4.31 Å². The quantitative estimate of drug-likeness (QED) is 0.377. The summed E-state index contributed by atoms with van der Waals surface area (Å²) in [5, 5.41) is -0.0601. The predicted octanol–water partition coefficient (Wildman–Crippen LogP) is 2.77. The second-order valence-electron chi connectivity index (χ2n) is 7.62. The zero-order valence-electron chi connectivity index (χ0n) is 22.0. The number of benzene rings is 2. The third-order valence-corrected chi connectivity index (χ3v) is 7.49. The van der Waals surface area contributed by atoms with Gasteiger partial charge in [-0.25, -0.2) is 12.7 Å². The molecule has 1 heterocycles. The molecule has 2 aromatic carbocycles. The maximum Gasteiger partial charge on any atom is 0.243 e. The molecule has 0 saturated heterocycles. The average Bonchev–Trinajstić information content (AvgIpc) is 2.90. The van der Waals surface area contributed by atoms with Crippen LogP contribution in [0.3, 0.4) is 0 Å². The molecule has 3 rings (SSSR count). The van der Waals surface area contributed by atoms with Crippen molar-refractivity contribution in [1.29, 1.82) is 0 Å². The molecule has 0 bridgehead atoms. The topological polar surface area (TPSA) is 132 Å². The molecule has 0 aliphatic rings. The Bertz CT molecular complexity index is 1490. The molecule has 0 unspecified atom stereocenters. The molecular weight excluding hydrogens is 510 g/mol. The van der Waals surface area contributed by atoms with E-state index in [-0.39, 0.29) is 67.4 Å². The summed E-state index contributed by atoms with van der Waals surface area (Å²) in [5.41, 5.74) is -0.767. The summed E-state index contributed by atoms with van der Waals surface area (Å²) in [6.45, 7) is 0. The number of hydrogen-bond donors (Lipinski definition) is 0. The Balaban J connectivity index is 2.66. The van der Waals surface area contributed by atoms with Gasteiger partial charge in [-0.15, -0.1) is 0 Å². The van der Waals surface area contributed by atoms with Crippen LogP contribution in [0.5, 0.6) is 40.2 Å². The standard InChI is InChI=1S/C24H29NO11S/c1-25(2)37(27,28)15-11-14(30-4)13(29-3)10-12(15)18-21(32-6)17(26)16-19(31-5)22(33-7)24(35-9)23(34-8)20(16)36-18/h10-11H,1-9H3. The third kappa shape index (κ3) is 4.33. The lowest BCUT2D eigenvalue weighted by atomic mass is 10.1. The van der Waals surface area contributed by atoms with Gasteiger partial charge in [-0.05, 0) is 6.07 Å². The van der Waals surface area contributed by atoms with E-state index in [0.717, 1.165) is 4.31 Å². The molecule has 0 atom stereocenters. The van der Waals surface area contributed by atoms with Crippen LogP contribution in [0.25, 0.3) is 22.3 Å². The van der Waals surface area contributed by atoms with E-state index < -0.39 is 15.5 Å². The second-order valence-corrected chi connectivity index (χ2v) is 9.74. The van der Waals surface area contributed by atoms with Crippen molar-refractivity contribution >= 4 is 21.0 Å². The SMILES string of the molecule is COc1cc(-c2oc3c(OC)c(OC)c(OC)c(OC)c3c(=O)c2OC)c(S(=O)(=O)N(C)C)cc1OC. The number of ether oxygens (including phenoxy) is 7. The van der Waals surface area contributed by atoms with Crippen LogP contribution in [0, 0.1) is 0 Å². The van der Waals surface area contributed by atoms with E-state index >= 15 is 0 Å². The van der Waals surface area contributed by atoms with Crippen LogP contribution in [-0.2, 0) is 10.0 Å². The van der Waals surface area contributed by atoms with Crippen LogP contribution in [0.4, 0.5) is 0 Å². The van der Waals surface area contributed by atoms with E-state index in [9.17, 15) is 13.2 Å². The minimum Gasteiger partial charge on any atom is -0.493 e. The summed E-state index contributed by atoms with van der Waals surface area (Å²) < 4.78 is 71.9. The van der Waals surface area contributed by atoms with Crippen molar-refractivity contribution in [2.24, 2.45) is 0 Å². The lowest BCUT2D eigenvalue weighted by Crippen LogP contribution is -2.23. The van der Waals surface area contributed by atoms with Crippen LogP contribution >= 0.6 is 0 Å². The Kier molecular flexibility index (Phi) is 7.98. The van der Waals surface area contributed by atoms with Crippen molar-refractivity contribution < 1.29 is 46.0 Å². The van der Waals surface area contributed by atoms with Crippen LogP contribution in [0.15, 0.2) is 26.2 Å². The van der Waals surface area contributed by atoms with Crippen molar-refractivity contribution in [3.8, 4) is 51.6 Å². The minimum absolute atomic E-state index is 0.0157. The fourth-order valence-electron chi connectivity index (χ4n) is 3.87. The number of sulfonamides is 1. The highest BCUT2D eigenvalue weighted by atomic mass is 32.2. The van der Waals surface area contributed by atoms with Crippen molar-refractivity contribution in [2.45, 2.75) is 4.90 Å². The Morgan fingerprint density at radius 3 is 1.62 bits per heavy atom. The fourth-order valence-corrected chi connectivity index (χ4v) is 4.95. The zero-order chi connectivity index (χ0) is 27.7. The first-order chi connectivity index (χ1) is 17.6. The average molecular weight is 540 g/mol. The number of rotatable bonds is 10. The van der Waals surface area contributed by atoms with Gasteiger partial charge >= 0.3 is 0 Å². The Hall–Kier alpha value is -3.84. The molecular formula is C24H29NO11S. The Morgan fingerprint density at radius 1 is 0.676 bits per heavy atom. The van der Waals surface area contributed by atoms with Crippen LogP contribution < -0.4 is 38.6 Å². The normalized spacial score (nSPS) is 11.4. The molecule has 0 spiro atoms. The van der Waals surface area contributed by atoms with Crippen molar-refractivity contribution in [2.75, 3.05) is 63.9 Å². The van der Waals surface area contributed by atoms with E-state index in [2.05, 4.69) is 0 Å². The molecule has 0 aliphatic carbocycles. The first-order valence-electron chi connectivity index (χ1n) is 10.7. The lowest BCUT2D eigenvalue weighted by Gasteiger charge is -2.21. The number of hydrogen-bond acceptors (Lipinski definition) is 11. The van der Waals surface area contributed by atoms with Crippen LogP contribution in [0.2, 0.25) is 0 Å². The smallest absolute Gasteiger partial charge is 0.243 e. The van der Waals surface area contributed by atoms with Crippen molar-refractivity contribution in [3.63, 3.8) is 0 Å². The molecule has 0 radical (unpaired) electrons. The maximum atomic E-state index is 13.8. The summed E-state index contributed by atoms with van der Waals surface area (Å²) in [6, 6.07) is 2.66. The Morgan fingerprint density at radius 2 is 1.16 bits per heavy atom. The van der Waals surface area contributed by atoms with E-state index in [1.807, 2.05) is 0 Å². The van der Waals surface area contributed by atoms with Gasteiger partial charge in [0.05, 0.1) is 54.7 Å². The zero-order valence-corrected chi connectivity index (χ0v) is 22.8. The van der Waals surface area contributed by atoms with E-state index in [1.165, 1.54) is 76.0 Å². The maximum absolute atomic E-state index is 13.8. The summed E-state index contributed by atoms with van der Waals surface area (Å²) >= 11 is 0. The van der Waals surface area contributed by atoms with Crippen LogP contribution in [0.1, 0.15) is 0 Å². The molecule has 0 fully saturated rings. The van der Waals surface area contributed by atoms with Gasteiger partial charge in [0, 0.05) is 25.7 Å². The molecule has 0 aliphatic heterocycles. The molecule has 37 heavy (non-hydrogen) atoms. The summed E-state index contributed by atoms with van der Waals surface area (Å²) in [7, 11) is 8.14. The first kappa shape index (κ1) is 27.7. The van der Waals surface area contributed by atoms with Gasteiger partial charge in [-0.2, -0.15) is 0 Å². The van der Waals surface area contributed by atoms with E-state index in [4.69, 9.17) is 37.6 Å². The van der Waals surface area contributed by atoms with Gasteiger partial charge < -0.3 is 37.6 Å². The van der Waals surface area contributed by atoms with Gasteiger partial charge in [-0.3, -0.25) is 4.79 Å². The minimum atomic E-state index is -4.08. The molecule has 0 N–H and O–H groups in total. The van der Waals surface area contributed by atoms with E-state index in [0.29, 0.717) is 0 Å². The second kappa shape index (κ2) is 10.6. The van der Waals surface area contributed by atoms with E-state index in [1.54, 1.807) is 0 Å². The monoisotopic (exact) mass is 539 g/mol. The molecule has 202 valence electrons. The van der Waals surface area contributed by atoms with Gasteiger partial charge in [0.2, 0.25) is 38.5 Å². The highest BCUT2D eigenvalue weighted by Crippen LogP contribution is 2.52. The van der Waals surface area contributed by atoms with Crippen LogP contribution in [-0.4, -0.2) is 76.6 Å². The summed E-state index contributed by atoms with van der Waals surface area (Å²) in [4.78, 5) is 13.6. The predicted molar refractivity (Wildman–Crippen MR) is 135 cm³/mol. The van der Waals surface area contributed by atoms with Gasteiger partial charge in [0.25, 0.3) is 0 Å². The fraction of sp³-hybridized carbons (Fsp3) is 0.375. The Labute approximate surface area is 214 Å². The van der Waals surface area contributed by atoms with Gasteiger partial charge in [0.1, 0.15) is 5.39 Å². The largest absolute Gasteiger partial charge is 0.493 e. The number of methoxy groups -OCH3 is 7.